The van der Waals surface area contributed by atoms with E-state index >= 15 is 0 Å². The number of anilines is 1. The fourth-order valence-electron chi connectivity index (χ4n) is 4.32. The normalized spacial score (nSPS) is 22.5. The molecule has 0 amide bonds. The van der Waals surface area contributed by atoms with Crippen LogP contribution < -0.4 is 10.6 Å². The molecule has 0 radical (unpaired) electrons. The van der Waals surface area contributed by atoms with Gasteiger partial charge in [0.15, 0.2) is 0 Å². The summed E-state index contributed by atoms with van der Waals surface area (Å²) in [5.41, 5.74) is 6.43. The summed E-state index contributed by atoms with van der Waals surface area (Å²) in [7, 11) is 0. The summed E-state index contributed by atoms with van der Waals surface area (Å²) >= 11 is 0. The van der Waals surface area contributed by atoms with Gasteiger partial charge in [-0.15, -0.1) is 0 Å². The van der Waals surface area contributed by atoms with Crippen LogP contribution in [0, 0.1) is 0 Å². The molecular formula is C21H21N3. The second kappa shape index (κ2) is 5.60. The summed E-state index contributed by atoms with van der Waals surface area (Å²) in [6.07, 6.45) is 4.41. The van der Waals surface area contributed by atoms with E-state index in [1.165, 1.54) is 40.6 Å². The molecule has 3 heteroatoms. The van der Waals surface area contributed by atoms with E-state index in [-0.39, 0.29) is 0 Å². The van der Waals surface area contributed by atoms with Crippen LogP contribution >= 0.6 is 0 Å². The SMILES string of the molecule is c1cc2c(c(-c3cnc4ccccc4c3)c1)[C@H]1CCNCC[C@@H]1N2. The molecule has 0 saturated carbocycles. The van der Waals surface area contributed by atoms with Crippen molar-refractivity contribution in [3.05, 3.63) is 60.3 Å². The highest BCUT2D eigenvalue weighted by atomic mass is 15.0. The molecule has 3 nitrogen and oxygen atoms in total. The maximum absolute atomic E-state index is 4.67. The Balaban J connectivity index is 1.65. The summed E-state index contributed by atoms with van der Waals surface area (Å²) in [4.78, 5) is 4.67. The molecule has 2 aliphatic heterocycles. The highest BCUT2D eigenvalue weighted by molar-refractivity contribution is 5.86. The molecule has 2 atom stereocenters. The smallest absolute Gasteiger partial charge is 0.0702 e. The highest BCUT2D eigenvalue weighted by Crippen LogP contribution is 2.45. The number of para-hydroxylation sites is 1. The number of nitrogens with zero attached hydrogens (tertiary/aromatic N) is 1. The number of hydrogen-bond donors (Lipinski definition) is 2. The van der Waals surface area contributed by atoms with Gasteiger partial charge in [0, 0.05) is 34.8 Å². The van der Waals surface area contributed by atoms with Crippen LogP contribution in [0.1, 0.15) is 24.3 Å². The highest BCUT2D eigenvalue weighted by Gasteiger charge is 2.34. The Bertz CT molecular complexity index is 902. The molecule has 0 bridgehead atoms. The van der Waals surface area contributed by atoms with Gasteiger partial charge in [0.05, 0.1) is 5.52 Å². The van der Waals surface area contributed by atoms with Crippen molar-refractivity contribution >= 4 is 16.6 Å². The first-order chi connectivity index (χ1) is 11.9. The Morgan fingerprint density at radius 3 is 2.88 bits per heavy atom. The molecule has 0 aliphatic carbocycles. The minimum atomic E-state index is 0.560. The summed E-state index contributed by atoms with van der Waals surface area (Å²) < 4.78 is 0. The van der Waals surface area contributed by atoms with E-state index in [0.717, 1.165) is 18.6 Å². The molecule has 2 N–H and O–H groups in total. The van der Waals surface area contributed by atoms with Crippen molar-refractivity contribution in [1.29, 1.82) is 0 Å². The van der Waals surface area contributed by atoms with Crippen molar-refractivity contribution in [3.8, 4) is 11.1 Å². The third kappa shape index (κ3) is 2.20. The minimum absolute atomic E-state index is 0.560. The third-order valence-corrected chi connectivity index (χ3v) is 5.47. The van der Waals surface area contributed by atoms with E-state index in [2.05, 4.69) is 58.1 Å². The molecule has 2 aliphatic rings. The van der Waals surface area contributed by atoms with Gasteiger partial charge in [-0.2, -0.15) is 0 Å². The van der Waals surface area contributed by atoms with Crippen LogP contribution in [0.2, 0.25) is 0 Å². The first-order valence-corrected chi connectivity index (χ1v) is 8.85. The zero-order chi connectivity index (χ0) is 15.9. The van der Waals surface area contributed by atoms with Crippen LogP contribution in [0.4, 0.5) is 5.69 Å². The second-order valence-electron chi connectivity index (χ2n) is 6.87. The van der Waals surface area contributed by atoms with Crippen molar-refractivity contribution in [3.63, 3.8) is 0 Å². The lowest BCUT2D eigenvalue weighted by atomic mass is 9.86. The summed E-state index contributed by atoms with van der Waals surface area (Å²) in [6.45, 7) is 2.21. The number of rotatable bonds is 1. The van der Waals surface area contributed by atoms with Gasteiger partial charge in [-0.3, -0.25) is 4.98 Å². The Kier molecular flexibility index (Phi) is 3.27. The predicted molar refractivity (Wildman–Crippen MR) is 99.4 cm³/mol. The first kappa shape index (κ1) is 14.0. The van der Waals surface area contributed by atoms with Gasteiger partial charge in [0.2, 0.25) is 0 Å². The molecule has 1 aromatic heterocycles. The number of nitrogens with one attached hydrogen (secondary N) is 2. The number of aromatic nitrogens is 1. The lowest BCUT2D eigenvalue weighted by Crippen LogP contribution is -2.21. The van der Waals surface area contributed by atoms with Crippen LogP contribution in [0.25, 0.3) is 22.0 Å². The molecule has 1 fully saturated rings. The monoisotopic (exact) mass is 315 g/mol. The molecule has 1 saturated heterocycles. The fraction of sp³-hybridized carbons (Fsp3) is 0.286. The molecule has 3 heterocycles. The Morgan fingerprint density at radius 2 is 1.88 bits per heavy atom. The molecule has 0 spiro atoms. The van der Waals surface area contributed by atoms with Crippen LogP contribution in [0.5, 0.6) is 0 Å². The fourth-order valence-corrected chi connectivity index (χ4v) is 4.32. The van der Waals surface area contributed by atoms with E-state index < -0.39 is 0 Å². The number of fused-ring (bicyclic) bond motifs is 4. The largest absolute Gasteiger partial charge is 0.381 e. The van der Waals surface area contributed by atoms with Crippen molar-refractivity contribution in [2.75, 3.05) is 18.4 Å². The topological polar surface area (TPSA) is 37.0 Å². The van der Waals surface area contributed by atoms with Crippen molar-refractivity contribution in [1.82, 2.24) is 10.3 Å². The van der Waals surface area contributed by atoms with Gasteiger partial charge in [0.25, 0.3) is 0 Å². The predicted octanol–water partition coefficient (Wildman–Crippen LogP) is 4.16. The lowest BCUT2D eigenvalue weighted by Gasteiger charge is -2.18. The molecule has 2 aromatic carbocycles. The average Bonchev–Trinajstić information content (AvgIpc) is 2.83. The van der Waals surface area contributed by atoms with Crippen LogP contribution in [0.3, 0.4) is 0 Å². The molecule has 24 heavy (non-hydrogen) atoms. The molecule has 0 unspecified atom stereocenters. The Morgan fingerprint density at radius 1 is 0.958 bits per heavy atom. The summed E-state index contributed by atoms with van der Waals surface area (Å²) in [5.74, 6) is 0.595. The van der Waals surface area contributed by atoms with E-state index in [0.29, 0.717) is 12.0 Å². The summed E-state index contributed by atoms with van der Waals surface area (Å²) in [6, 6.07) is 17.8. The standard InChI is InChI=1S/C21H21N3/c1-2-6-18-14(4-1)12-15(13-23-18)16-5-3-7-20-21(16)17-8-10-22-11-9-19(17)24-20/h1-7,12-13,17,19,22,24H,8-11H2/t17-,19-/m0/s1. The van der Waals surface area contributed by atoms with Crippen LogP contribution in [-0.4, -0.2) is 24.1 Å². The van der Waals surface area contributed by atoms with Crippen molar-refractivity contribution < 1.29 is 0 Å². The van der Waals surface area contributed by atoms with Crippen LogP contribution in [-0.2, 0) is 0 Å². The second-order valence-corrected chi connectivity index (χ2v) is 6.87. The van der Waals surface area contributed by atoms with Gasteiger partial charge in [-0.1, -0.05) is 30.3 Å². The quantitative estimate of drug-likeness (QED) is 0.708. The number of pyridine rings is 1. The Hall–Kier alpha value is -2.39. The van der Waals surface area contributed by atoms with Gasteiger partial charge in [0.1, 0.15) is 0 Å². The molecule has 120 valence electrons. The first-order valence-electron chi connectivity index (χ1n) is 8.85. The number of hydrogen-bond acceptors (Lipinski definition) is 3. The lowest BCUT2D eigenvalue weighted by molar-refractivity contribution is 0.579. The average molecular weight is 315 g/mol. The van der Waals surface area contributed by atoms with Gasteiger partial charge < -0.3 is 10.6 Å². The third-order valence-electron chi connectivity index (χ3n) is 5.47. The zero-order valence-electron chi connectivity index (χ0n) is 13.6. The van der Waals surface area contributed by atoms with E-state index in [1.54, 1.807) is 0 Å². The van der Waals surface area contributed by atoms with Crippen molar-refractivity contribution in [2.24, 2.45) is 0 Å². The summed E-state index contributed by atoms with van der Waals surface area (Å²) in [5, 5.41) is 8.51. The maximum atomic E-state index is 4.67. The van der Waals surface area contributed by atoms with Gasteiger partial charge in [-0.05, 0) is 55.3 Å². The zero-order valence-corrected chi connectivity index (χ0v) is 13.6. The molecular weight excluding hydrogens is 294 g/mol. The van der Waals surface area contributed by atoms with Gasteiger partial charge in [-0.25, -0.2) is 0 Å². The van der Waals surface area contributed by atoms with E-state index in [4.69, 9.17) is 0 Å². The van der Waals surface area contributed by atoms with Crippen molar-refractivity contribution in [2.45, 2.75) is 24.8 Å². The Labute approximate surface area is 142 Å². The minimum Gasteiger partial charge on any atom is -0.381 e. The number of benzene rings is 2. The van der Waals surface area contributed by atoms with E-state index in [9.17, 15) is 0 Å². The van der Waals surface area contributed by atoms with Gasteiger partial charge >= 0.3 is 0 Å². The molecule has 5 rings (SSSR count). The van der Waals surface area contributed by atoms with Crippen LogP contribution in [0.15, 0.2) is 54.7 Å². The maximum Gasteiger partial charge on any atom is 0.0702 e. The van der Waals surface area contributed by atoms with E-state index in [1.807, 2.05) is 12.3 Å². The molecule has 3 aromatic rings.